The van der Waals surface area contributed by atoms with Gasteiger partial charge in [-0.2, -0.15) is 0 Å². The van der Waals surface area contributed by atoms with Gasteiger partial charge in [-0.15, -0.1) is 0 Å². The second-order valence-corrected chi connectivity index (χ2v) is 8.23. The van der Waals surface area contributed by atoms with Crippen molar-refractivity contribution in [1.82, 2.24) is 0 Å². The molecular formula is C26H34O5. The molecule has 0 spiro atoms. The molecule has 1 atom stereocenters. The van der Waals surface area contributed by atoms with E-state index in [2.05, 4.69) is 26.8 Å². The van der Waals surface area contributed by atoms with E-state index in [1.807, 2.05) is 12.2 Å². The molecule has 0 saturated carbocycles. The zero-order chi connectivity index (χ0) is 22.8. The van der Waals surface area contributed by atoms with Crippen molar-refractivity contribution < 1.29 is 23.5 Å². The van der Waals surface area contributed by atoms with Gasteiger partial charge in [-0.3, -0.25) is 4.79 Å². The molecule has 5 heteroatoms. The molecule has 0 fully saturated rings. The third-order valence-electron chi connectivity index (χ3n) is 5.45. The van der Waals surface area contributed by atoms with E-state index >= 15 is 0 Å². The van der Waals surface area contributed by atoms with Gasteiger partial charge >= 0.3 is 5.97 Å². The molecule has 1 aromatic rings. The molecule has 0 bridgehead atoms. The molecule has 1 aliphatic heterocycles. The van der Waals surface area contributed by atoms with Crippen molar-refractivity contribution in [2.24, 2.45) is 5.92 Å². The summed E-state index contributed by atoms with van der Waals surface area (Å²) in [5.41, 5.74) is 3.75. The third-order valence-corrected chi connectivity index (χ3v) is 5.45. The first-order chi connectivity index (χ1) is 14.8. The maximum Gasteiger partial charge on any atom is 0.343 e. The first-order valence-electron chi connectivity index (χ1n) is 10.9. The van der Waals surface area contributed by atoms with Crippen LogP contribution in [-0.4, -0.2) is 18.9 Å². The van der Waals surface area contributed by atoms with Gasteiger partial charge in [0.25, 0.3) is 0 Å². The van der Waals surface area contributed by atoms with Crippen molar-refractivity contribution in [3.8, 4) is 0 Å². The van der Waals surface area contributed by atoms with E-state index in [0.717, 1.165) is 32.1 Å². The second kappa shape index (κ2) is 12.1. The summed E-state index contributed by atoms with van der Waals surface area (Å²) in [6.07, 6.45) is 14.7. The molecule has 0 radical (unpaired) electrons. The first-order valence-corrected chi connectivity index (χ1v) is 10.9. The van der Waals surface area contributed by atoms with Gasteiger partial charge in [0.05, 0.1) is 24.5 Å². The van der Waals surface area contributed by atoms with Crippen LogP contribution in [-0.2, 0) is 14.3 Å². The Bertz CT molecular complexity index is 881. The molecule has 0 aliphatic carbocycles. The Balaban J connectivity index is 1.69. The number of methoxy groups -OCH3 is 1. The molecular weight excluding hydrogens is 392 g/mol. The largest absolute Gasteiger partial charge is 0.492 e. The Kier molecular flexibility index (Phi) is 9.57. The molecule has 0 aromatic carbocycles. The van der Waals surface area contributed by atoms with Crippen LogP contribution in [0.5, 0.6) is 0 Å². The molecule has 2 heterocycles. The number of furan rings is 1. The number of ketones is 1. The average Bonchev–Trinajstić information content (AvgIpc) is 3.35. The van der Waals surface area contributed by atoms with Crippen LogP contribution in [0.4, 0.5) is 0 Å². The standard InChI is InChI=1S/C26H34O5/c1-18(8-6-10-19(2)12-13-23(27)22-14-15-30-17-22)9-7-11-20(3)16-24-25(29-5)21(4)26(28)31-24/h8,12,14-17,20H,6-7,9-11,13H2,1-5H3/b18-8+,19-12+,24-16-/t20-/m0/s1. The quantitative estimate of drug-likeness (QED) is 0.211. The van der Waals surface area contributed by atoms with Gasteiger partial charge < -0.3 is 13.9 Å². The summed E-state index contributed by atoms with van der Waals surface area (Å²) < 4.78 is 15.5. The van der Waals surface area contributed by atoms with Crippen LogP contribution >= 0.6 is 0 Å². The lowest BCUT2D eigenvalue weighted by atomic mass is 9.99. The summed E-state index contributed by atoms with van der Waals surface area (Å²) in [4.78, 5) is 23.7. The summed E-state index contributed by atoms with van der Waals surface area (Å²) in [7, 11) is 1.56. The molecule has 1 aliphatic rings. The SMILES string of the molecule is COC1=C(C)C(=O)O/C1=C\[C@@H](C)CCC/C(C)=C/CC/C(C)=C/CC(=O)c1ccoc1. The molecule has 31 heavy (non-hydrogen) atoms. The Morgan fingerprint density at radius 2 is 1.94 bits per heavy atom. The van der Waals surface area contributed by atoms with Crippen LogP contribution in [0.1, 0.15) is 76.6 Å². The fraction of sp³-hybridized carbons (Fsp3) is 0.462. The Morgan fingerprint density at radius 3 is 2.61 bits per heavy atom. The van der Waals surface area contributed by atoms with Gasteiger partial charge in [0, 0.05) is 6.42 Å². The van der Waals surface area contributed by atoms with Gasteiger partial charge in [-0.1, -0.05) is 30.2 Å². The lowest BCUT2D eigenvalue weighted by Crippen LogP contribution is -1.98. The van der Waals surface area contributed by atoms with Crippen molar-refractivity contribution in [1.29, 1.82) is 0 Å². The predicted octanol–water partition coefficient (Wildman–Crippen LogP) is 6.69. The maximum absolute atomic E-state index is 12.0. The van der Waals surface area contributed by atoms with E-state index in [1.165, 1.54) is 23.7 Å². The van der Waals surface area contributed by atoms with E-state index in [4.69, 9.17) is 13.9 Å². The zero-order valence-corrected chi connectivity index (χ0v) is 19.3. The van der Waals surface area contributed by atoms with E-state index < -0.39 is 0 Å². The van der Waals surface area contributed by atoms with Crippen LogP contribution in [0.25, 0.3) is 0 Å². The highest BCUT2D eigenvalue weighted by molar-refractivity contribution is 5.96. The van der Waals surface area contributed by atoms with E-state index in [1.54, 1.807) is 20.1 Å². The highest BCUT2D eigenvalue weighted by Crippen LogP contribution is 2.28. The molecule has 0 unspecified atom stereocenters. The Labute approximate surface area is 185 Å². The topological polar surface area (TPSA) is 65.7 Å². The predicted molar refractivity (Wildman–Crippen MR) is 121 cm³/mol. The number of esters is 1. The minimum atomic E-state index is -0.329. The van der Waals surface area contributed by atoms with Gasteiger partial charge in [0.2, 0.25) is 0 Å². The molecule has 5 nitrogen and oxygen atoms in total. The van der Waals surface area contributed by atoms with Crippen molar-refractivity contribution in [2.45, 2.75) is 66.2 Å². The van der Waals surface area contributed by atoms with Gasteiger partial charge in [-0.05, 0) is 70.9 Å². The number of cyclic esters (lactones) is 1. The minimum Gasteiger partial charge on any atom is -0.492 e. The molecule has 0 amide bonds. The summed E-state index contributed by atoms with van der Waals surface area (Å²) in [5.74, 6) is 1.13. The number of allylic oxidation sites excluding steroid dienone is 5. The second-order valence-electron chi connectivity index (χ2n) is 8.23. The molecule has 1 aromatic heterocycles. The lowest BCUT2D eigenvalue weighted by Gasteiger charge is -2.09. The van der Waals surface area contributed by atoms with Crippen LogP contribution in [0.15, 0.2) is 69.5 Å². The maximum atomic E-state index is 12.0. The number of carbonyl (C=O) groups excluding carboxylic acids is 2. The summed E-state index contributed by atoms with van der Waals surface area (Å²) >= 11 is 0. The van der Waals surface area contributed by atoms with Crippen LogP contribution in [0, 0.1) is 5.92 Å². The smallest absolute Gasteiger partial charge is 0.343 e. The number of Topliss-reactive ketones (excluding diaryl/α,β-unsaturated/α-hetero) is 1. The fourth-order valence-electron chi connectivity index (χ4n) is 3.47. The van der Waals surface area contributed by atoms with Crippen LogP contribution in [0.3, 0.4) is 0 Å². The van der Waals surface area contributed by atoms with Crippen molar-refractivity contribution in [3.63, 3.8) is 0 Å². The minimum absolute atomic E-state index is 0.0829. The highest BCUT2D eigenvalue weighted by Gasteiger charge is 2.27. The average molecular weight is 427 g/mol. The summed E-state index contributed by atoms with van der Waals surface area (Å²) in [6, 6.07) is 1.70. The van der Waals surface area contributed by atoms with Crippen molar-refractivity contribution >= 4 is 11.8 Å². The van der Waals surface area contributed by atoms with Crippen molar-refractivity contribution in [2.75, 3.05) is 7.11 Å². The fourth-order valence-corrected chi connectivity index (χ4v) is 3.47. The summed E-state index contributed by atoms with van der Waals surface area (Å²) in [5, 5.41) is 0. The molecule has 0 saturated heterocycles. The third kappa shape index (κ3) is 7.74. The van der Waals surface area contributed by atoms with Gasteiger partial charge in [-0.25, -0.2) is 4.79 Å². The highest BCUT2D eigenvalue weighted by atomic mass is 16.6. The lowest BCUT2D eigenvalue weighted by molar-refractivity contribution is -0.133. The van der Waals surface area contributed by atoms with E-state index in [-0.39, 0.29) is 11.8 Å². The number of hydrogen-bond acceptors (Lipinski definition) is 5. The first kappa shape index (κ1) is 24.4. The number of rotatable bonds is 12. The number of ether oxygens (including phenoxy) is 2. The van der Waals surface area contributed by atoms with Crippen LogP contribution < -0.4 is 0 Å². The van der Waals surface area contributed by atoms with Gasteiger partial charge in [0.15, 0.2) is 17.3 Å². The van der Waals surface area contributed by atoms with Crippen molar-refractivity contribution in [3.05, 3.63) is 70.6 Å². The normalized spacial score (nSPS) is 17.3. The molecule has 168 valence electrons. The Morgan fingerprint density at radius 1 is 1.19 bits per heavy atom. The Hall–Kier alpha value is -2.82. The zero-order valence-electron chi connectivity index (χ0n) is 19.3. The molecule has 0 N–H and O–H groups in total. The van der Waals surface area contributed by atoms with Crippen LogP contribution in [0.2, 0.25) is 0 Å². The monoisotopic (exact) mass is 426 g/mol. The van der Waals surface area contributed by atoms with Gasteiger partial charge in [0.1, 0.15) is 6.26 Å². The number of hydrogen-bond donors (Lipinski definition) is 0. The number of carbonyl (C=O) groups is 2. The van der Waals surface area contributed by atoms with E-state index in [9.17, 15) is 9.59 Å². The van der Waals surface area contributed by atoms with E-state index in [0.29, 0.717) is 35.0 Å². The molecule has 2 rings (SSSR count). The summed E-state index contributed by atoms with van der Waals surface area (Å²) in [6.45, 7) is 8.08.